The molecule has 0 aliphatic carbocycles. The van der Waals surface area contributed by atoms with Crippen LogP contribution in [0.25, 0.3) is 0 Å². The number of rotatable bonds is 8. The Hall–Kier alpha value is -1.27. The summed E-state index contributed by atoms with van der Waals surface area (Å²) >= 11 is 3.50. The van der Waals surface area contributed by atoms with Crippen molar-refractivity contribution in [3.05, 3.63) is 22.2 Å². The fraction of sp³-hybridized carbons (Fsp3) is 0.533. The van der Waals surface area contributed by atoms with Gasteiger partial charge in [-0.3, -0.25) is 4.79 Å². The first kappa shape index (κ1) is 17.8. The molecule has 0 heterocycles. The quantitative estimate of drug-likeness (QED) is 0.775. The molecule has 0 saturated carbocycles. The fourth-order valence-corrected chi connectivity index (χ4v) is 2.49. The summed E-state index contributed by atoms with van der Waals surface area (Å²) in [5.41, 5.74) is 1.01. The third-order valence-corrected chi connectivity index (χ3v) is 4.00. The van der Waals surface area contributed by atoms with E-state index in [1.165, 1.54) is 0 Å². The summed E-state index contributed by atoms with van der Waals surface area (Å²) in [6.45, 7) is 6.32. The van der Waals surface area contributed by atoms with Crippen molar-refractivity contribution in [3.63, 3.8) is 0 Å². The van der Waals surface area contributed by atoms with E-state index < -0.39 is 0 Å². The molecule has 0 radical (unpaired) electrons. The second kappa shape index (κ2) is 8.89. The molecule has 1 N–H and O–H groups in total. The Morgan fingerprint density at radius 3 is 2.29 bits per heavy atom. The van der Waals surface area contributed by atoms with Crippen LogP contribution in [-0.4, -0.2) is 44.7 Å². The molecule has 1 aromatic carbocycles. The fourth-order valence-electron chi connectivity index (χ4n) is 2.02. The molecule has 0 bridgehead atoms. The van der Waals surface area contributed by atoms with Crippen molar-refractivity contribution < 1.29 is 14.3 Å². The van der Waals surface area contributed by atoms with Crippen LogP contribution in [0.5, 0.6) is 11.5 Å². The summed E-state index contributed by atoms with van der Waals surface area (Å²) in [6.07, 6.45) is 0. The van der Waals surface area contributed by atoms with E-state index in [1.807, 2.05) is 26.0 Å². The summed E-state index contributed by atoms with van der Waals surface area (Å²) in [5.74, 6) is 1.46. The molecule has 0 spiro atoms. The van der Waals surface area contributed by atoms with Crippen molar-refractivity contribution in [2.45, 2.75) is 20.4 Å². The first-order chi connectivity index (χ1) is 10.1. The molecule has 1 aromatic rings. The van der Waals surface area contributed by atoms with Gasteiger partial charge in [-0.15, -0.1) is 0 Å². The summed E-state index contributed by atoms with van der Waals surface area (Å²) in [5, 5.41) is 3.16. The van der Waals surface area contributed by atoms with Crippen molar-refractivity contribution in [3.8, 4) is 11.5 Å². The maximum absolute atomic E-state index is 11.9. The van der Waals surface area contributed by atoms with Gasteiger partial charge in [-0.25, -0.2) is 0 Å². The molecular formula is C15H23BrN2O3. The Morgan fingerprint density at radius 1 is 1.19 bits per heavy atom. The molecule has 21 heavy (non-hydrogen) atoms. The maximum atomic E-state index is 11.9. The smallest absolute Gasteiger partial charge is 0.236 e. The highest BCUT2D eigenvalue weighted by atomic mass is 79.9. The normalized spacial score (nSPS) is 10.3. The van der Waals surface area contributed by atoms with Crippen LogP contribution in [0.15, 0.2) is 16.6 Å². The minimum absolute atomic E-state index is 0.108. The molecule has 0 aliphatic heterocycles. The Morgan fingerprint density at radius 2 is 1.76 bits per heavy atom. The molecule has 118 valence electrons. The van der Waals surface area contributed by atoms with Crippen LogP contribution in [0, 0.1) is 0 Å². The van der Waals surface area contributed by atoms with Gasteiger partial charge in [-0.05, 0) is 31.5 Å². The average Bonchev–Trinajstić information content (AvgIpc) is 2.49. The zero-order chi connectivity index (χ0) is 15.8. The van der Waals surface area contributed by atoms with Crippen LogP contribution in [0.4, 0.5) is 0 Å². The van der Waals surface area contributed by atoms with Crippen molar-refractivity contribution in [1.29, 1.82) is 0 Å². The van der Waals surface area contributed by atoms with Crippen LogP contribution in [-0.2, 0) is 11.3 Å². The monoisotopic (exact) mass is 358 g/mol. The largest absolute Gasteiger partial charge is 0.493 e. The summed E-state index contributed by atoms with van der Waals surface area (Å²) in [4.78, 5) is 13.7. The van der Waals surface area contributed by atoms with Gasteiger partial charge in [0, 0.05) is 24.1 Å². The number of nitrogens with one attached hydrogen (secondary N) is 1. The van der Waals surface area contributed by atoms with E-state index in [2.05, 4.69) is 21.2 Å². The van der Waals surface area contributed by atoms with Crippen LogP contribution >= 0.6 is 15.9 Å². The number of amides is 1. The lowest BCUT2D eigenvalue weighted by atomic mass is 10.2. The highest BCUT2D eigenvalue weighted by Gasteiger charge is 2.11. The minimum atomic E-state index is 0.108. The number of hydrogen-bond acceptors (Lipinski definition) is 4. The van der Waals surface area contributed by atoms with Crippen molar-refractivity contribution in [2.24, 2.45) is 0 Å². The second-order valence-corrected chi connectivity index (χ2v) is 5.32. The number of halogens is 1. The van der Waals surface area contributed by atoms with E-state index >= 15 is 0 Å². The average molecular weight is 359 g/mol. The second-order valence-electron chi connectivity index (χ2n) is 4.47. The summed E-state index contributed by atoms with van der Waals surface area (Å²) in [7, 11) is 3.21. The number of methoxy groups -OCH3 is 2. The van der Waals surface area contributed by atoms with Gasteiger partial charge in [0.1, 0.15) is 0 Å². The first-order valence-electron chi connectivity index (χ1n) is 6.96. The van der Waals surface area contributed by atoms with Crippen LogP contribution in [0.2, 0.25) is 0 Å². The third kappa shape index (κ3) is 4.89. The van der Waals surface area contributed by atoms with Crippen LogP contribution in [0.3, 0.4) is 0 Å². The molecule has 0 unspecified atom stereocenters. The van der Waals surface area contributed by atoms with Crippen molar-refractivity contribution in [2.75, 3.05) is 33.9 Å². The zero-order valence-electron chi connectivity index (χ0n) is 13.0. The van der Waals surface area contributed by atoms with E-state index in [-0.39, 0.29) is 5.91 Å². The van der Waals surface area contributed by atoms with Gasteiger partial charge in [0.15, 0.2) is 11.5 Å². The minimum Gasteiger partial charge on any atom is -0.493 e. The van der Waals surface area contributed by atoms with Crippen LogP contribution in [0.1, 0.15) is 19.4 Å². The molecule has 0 saturated heterocycles. The number of likely N-dealkylation sites (N-methyl/N-ethyl adjacent to an activating group) is 1. The number of nitrogens with zero attached hydrogens (tertiary/aromatic N) is 1. The molecule has 5 nitrogen and oxygen atoms in total. The van der Waals surface area contributed by atoms with E-state index in [4.69, 9.17) is 9.47 Å². The van der Waals surface area contributed by atoms with Crippen molar-refractivity contribution >= 4 is 21.8 Å². The van der Waals surface area contributed by atoms with E-state index in [0.29, 0.717) is 24.6 Å². The van der Waals surface area contributed by atoms with Gasteiger partial charge < -0.3 is 19.7 Å². The number of hydrogen-bond donors (Lipinski definition) is 1. The Bertz CT molecular complexity index is 476. The molecule has 0 aromatic heterocycles. The molecule has 0 atom stereocenters. The lowest BCUT2D eigenvalue weighted by molar-refractivity contribution is -0.129. The van der Waals surface area contributed by atoms with Gasteiger partial charge in [-0.2, -0.15) is 0 Å². The van der Waals surface area contributed by atoms with Gasteiger partial charge in [0.2, 0.25) is 5.91 Å². The van der Waals surface area contributed by atoms with Crippen LogP contribution < -0.4 is 14.8 Å². The number of carbonyl (C=O) groups is 1. The first-order valence-corrected chi connectivity index (χ1v) is 7.75. The Labute approximate surface area is 134 Å². The van der Waals surface area contributed by atoms with E-state index in [1.54, 1.807) is 19.1 Å². The number of benzene rings is 1. The molecule has 0 aliphatic rings. The third-order valence-electron chi connectivity index (χ3n) is 3.26. The topological polar surface area (TPSA) is 50.8 Å². The summed E-state index contributed by atoms with van der Waals surface area (Å²) < 4.78 is 11.4. The number of ether oxygens (including phenoxy) is 2. The standard InChI is InChI=1S/C15H23BrN2O3/c1-5-18(6-2)15(19)10-17-9-11-7-13(20-3)14(21-4)8-12(11)16/h7-8,17H,5-6,9-10H2,1-4H3. The van der Waals surface area contributed by atoms with Gasteiger partial charge in [0.05, 0.1) is 20.8 Å². The lowest BCUT2D eigenvalue weighted by Crippen LogP contribution is -2.37. The van der Waals surface area contributed by atoms with Crippen molar-refractivity contribution in [1.82, 2.24) is 10.2 Å². The van der Waals surface area contributed by atoms with E-state index in [9.17, 15) is 4.79 Å². The van der Waals surface area contributed by atoms with Gasteiger partial charge in [0.25, 0.3) is 0 Å². The molecule has 0 fully saturated rings. The maximum Gasteiger partial charge on any atom is 0.236 e. The molecule has 1 amide bonds. The highest BCUT2D eigenvalue weighted by molar-refractivity contribution is 9.10. The zero-order valence-corrected chi connectivity index (χ0v) is 14.6. The molecule has 6 heteroatoms. The lowest BCUT2D eigenvalue weighted by Gasteiger charge is -2.19. The van der Waals surface area contributed by atoms with Gasteiger partial charge >= 0.3 is 0 Å². The summed E-state index contributed by atoms with van der Waals surface area (Å²) in [6, 6.07) is 3.76. The van der Waals surface area contributed by atoms with Gasteiger partial charge in [-0.1, -0.05) is 15.9 Å². The Balaban J connectivity index is 2.65. The predicted molar refractivity (Wildman–Crippen MR) is 86.9 cm³/mol. The molecule has 1 rings (SSSR count). The predicted octanol–water partition coefficient (Wildman–Crippen LogP) is 2.42. The highest BCUT2D eigenvalue weighted by Crippen LogP contribution is 2.33. The number of carbonyl (C=O) groups excluding carboxylic acids is 1. The molecular weight excluding hydrogens is 336 g/mol. The Kier molecular flexibility index (Phi) is 7.53. The SMILES string of the molecule is CCN(CC)C(=O)CNCc1cc(OC)c(OC)cc1Br. The van der Waals surface area contributed by atoms with E-state index in [0.717, 1.165) is 23.1 Å².